The van der Waals surface area contributed by atoms with Crippen LogP contribution in [0.3, 0.4) is 0 Å². The second-order valence-electron chi connectivity index (χ2n) is 5.25. The van der Waals surface area contributed by atoms with Crippen molar-refractivity contribution >= 4 is 33.2 Å². The summed E-state index contributed by atoms with van der Waals surface area (Å²) in [4.78, 5) is 12.0. The Hall–Kier alpha value is -1.15. The largest absolute Gasteiger partial charge is 0.377 e. The summed E-state index contributed by atoms with van der Waals surface area (Å²) in [5.74, 6) is -0.397. The Morgan fingerprint density at radius 1 is 1.41 bits per heavy atom. The first-order chi connectivity index (χ1) is 10.3. The minimum atomic E-state index is -3.48. The smallest absolute Gasteiger partial charge is 0.239 e. The Labute approximate surface area is 135 Å². The maximum absolute atomic E-state index is 12.0. The van der Waals surface area contributed by atoms with Crippen molar-refractivity contribution in [3.05, 3.63) is 29.3 Å². The molecule has 1 aliphatic heterocycles. The summed E-state index contributed by atoms with van der Waals surface area (Å²) in [6.45, 7) is 0.605. The predicted molar refractivity (Wildman–Crippen MR) is 85.5 cm³/mol. The van der Waals surface area contributed by atoms with Gasteiger partial charge in [0.05, 0.1) is 18.9 Å². The van der Waals surface area contributed by atoms with Crippen molar-refractivity contribution < 1.29 is 17.9 Å². The van der Waals surface area contributed by atoms with Crippen molar-refractivity contribution in [2.45, 2.75) is 18.9 Å². The van der Waals surface area contributed by atoms with Crippen molar-refractivity contribution in [3.8, 4) is 0 Å². The summed E-state index contributed by atoms with van der Waals surface area (Å²) in [5, 5.41) is 3.22. The fraction of sp³-hybridized carbons (Fsp3) is 0.500. The van der Waals surface area contributed by atoms with E-state index in [0.29, 0.717) is 17.3 Å². The molecule has 0 saturated carbocycles. The zero-order valence-electron chi connectivity index (χ0n) is 12.3. The van der Waals surface area contributed by atoms with Crippen LogP contribution in [0.5, 0.6) is 0 Å². The molecule has 0 radical (unpaired) electrons. The van der Waals surface area contributed by atoms with Crippen LogP contribution in [0.4, 0.5) is 5.69 Å². The molecule has 1 aromatic rings. The lowest BCUT2D eigenvalue weighted by molar-refractivity contribution is -0.116. The van der Waals surface area contributed by atoms with E-state index in [0.717, 1.165) is 23.4 Å². The van der Waals surface area contributed by atoms with Gasteiger partial charge in [-0.3, -0.25) is 4.79 Å². The summed E-state index contributed by atoms with van der Waals surface area (Å²) in [5.41, 5.74) is 0.569. The molecule has 0 aromatic heterocycles. The third kappa shape index (κ3) is 5.24. The SMILES string of the molecule is CS(=O)(=O)N(CC(=O)Nc1ccc(Cl)cc1)CC1CCCO1. The number of nitrogens with one attached hydrogen (secondary N) is 1. The van der Waals surface area contributed by atoms with Crippen LogP contribution < -0.4 is 5.32 Å². The van der Waals surface area contributed by atoms with Crippen molar-refractivity contribution in [1.29, 1.82) is 0 Å². The maximum atomic E-state index is 12.0. The molecule has 1 unspecified atom stereocenters. The van der Waals surface area contributed by atoms with E-state index in [1.807, 2.05) is 0 Å². The first kappa shape index (κ1) is 17.2. The molecule has 0 spiro atoms. The zero-order chi connectivity index (χ0) is 16.2. The number of carbonyl (C=O) groups excluding carboxylic acids is 1. The molecule has 8 heteroatoms. The van der Waals surface area contributed by atoms with Crippen LogP contribution >= 0.6 is 11.6 Å². The van der Waals surface area contributed by atoms with Gasteiger partial charge in [-0.15, -0.1) is 0 Å². The van der Waals surface area contributed by atoms with Crippen LogP contribution in [0.1, 0.15) is 12.8 Å². The third-order valence-corrected chi connectivity index (χ3v) is 4.82. The average molecular weight is 347 g/mol. The van der Waals surface area contributed by atoms with Gasteiger partial charge in [0, 0.05) is 23.9 Å². The van der Waals surface area contributed by atoms with Gasteiger partial charge in [0.1, 0.15) is 0 Å². The summed E-state index contributed by atoms with van der Waals surface area (Å²) in [7, 11) is -3.48. The number of halogens is 1. The van der Waals surface area contributed by atoms with Crippen LogP contribution in [0.25, 0.3) is 0 Å². The van der Waals surface area contributed by atoms with E-state index in [2.05, 4.69) is 5.32 Å². The van der Waals surface area contributed by atoms with Crippen molar-refractivity contribution in [2.24, 2.45) is 0 Å². The maximum Gasteiger partial charge on any atom is 0.239 e. The highest BCUT2D eigenvalue weighted by molar-refractivity contribution is 7.88. The van der Waals surface area contributed by atoms with Gasteiger partial charge < -0.3 is 10.1 Å². The molecule has 1 amide bonds. The predicted octanol–water partition coefficient (Wildman–Crippen LogP) is 1.72. The highest BCUT2D eigenvalue weighted by Crippen LogP contribution is 2.16. The minimum Gasteiger partial charge on any atom is -0.377 e. The van der Waals surface area contributed by atoms with E-state index >= 15 is 0 Å². The number of nitrogens with zero attached hydrogens (tertiary/aromatic N) is 1. The molecule has 0 bridgehead atoms. The Bertz CT molecular complexity index is 612. The molecule has 1 heterocycles. The van der Waals surface area contributed by atoms with E-state index in [-0.39, 0.29) is 19.2 Å². The Morgan fingerprint density at radius 3 is 2.64 bits per heavy atom. The molecule has 2 rings (SSSR count). The van der Waals surface area contributed by atoms with E-state index in [1.165, 1.54) is 0 Å². The van der Waals surface area contributed by atoms with Gasteiger partial charge >= 0.3 is 0 Å². The van der Waals surface area contributed by atoms with Crippen molar-refractivity contribution in [1.82, 2.24) is 4.31 Å². The topological polar surface area (TPSA) is 75.7 Å². The lowest BCUT2D eigenvalue weighted by Crippen LogP contribution is -2.41. The standard InChI is InChI=1S/C14H19ClN2O4S/c1-22(19,20)17(9-13-3-2-8-21-13)10-14(18)16-12-6-4-11(15)5-7-12/h4-7,13H,2-3,8-10H2,1H3,(H,16,18). The van der Waals surface area contributed by atoms with Gasteiger partial charge in [-0.1, -0.05) is 11.6 Å². The lowest BCUT2D eigenvalue weighted by atomic mass is 10.2. The van der Waals surface area contributed by atoms with E-state index in [1.54, 1.807) is 24.3 Å². The molecule has 1 aliphatic rings. The van der Waals surface area contributed by atoms with E-state index in [4.69, 9.17) is 16.3 Å². The highest BCUT2D eigenvalue weighted by atomic mass is 35.5. The number of hydrogen-bond acceptors (Lipinski definition) is 4. The van der Waals surface area contributed by atoms with Gasteiger partial charge in [0.2, 0.25) is 15.9 Å². The molecular formula is C14H19ClN2O4S. The van der Waals surface area contributed by atoms with Gasteiger partial charge in [0.25, 0.3) is 0 Å². The van der Waals surface area contributed by atoms with Gasteiger partial charge in [-0.2, -0.15) is 4.31 Å². The Balaban J connectivity index is 1.96. The fourth-order valence-corrected chi connectivity index (χ4v) is 3.14. The number of carbonyl (C=O) groups is 1. The lowest BCUT2D eigenvalue weighted by Gasteiger charge is -2.22. The van der Waals surface area contributed by atoms with Crippen LogP contribution in [-0.4, -0.2) is 50.7 Å². The summed E-state index contributed by atoms with van der Waals surface area (Å²) in [6, 6.07) is 6.62. The highest BCUT2D eigenvalue weighted by Gasteiger charge is 2.26. The summed E-state index contributed by atoms with van der Waals surface area (Å²) >= 11 is 5.77. The van der Waals surface area contributed by atoms with Gasteiger partial charge in [-0.25, -0.2) is 8.42 Å². The van der Waals surface area contributed by atoms with Crippen LogP contribution in [0, 0.1) is 0 Å². The summed E-state index contributed by atoms with van der Waals surface area (Å²) in [6.07, 6.45) is 2.68. The number of ether oxygens (including phenoxy) is 1. The van der Waals surface area contributed by atoms with E-state index < -0.39 is 15.9 Å². The number of hydrogen-bond donors (Lipinski definition) is 1. The molecule has 122 valence electrons. The van der Waals surface area contributed by atoms with Crippen LogP contribution in [0.15, 0.2) is 24.3 Å². The third-order valence-electron chi connectivity index (χ3n) is 3.35. The molecular weight excluding hydrogens is 328 g/mol. The first-order valence-electron chi connectivity index (χ1n) is 6.97. The molecule has 22 heavy (non-hydrogen) atoms. The molecule has 1 saturated heterocycles. The number of sulfonamides is 1. The van der Waals surface area contributed by atoms with Gasteiger partial charge in [-0.05, 0) is 37.1 Å². The quantitative estimate of drug-likeness (QED) is 0.851. The molecule has 1 fully saturated rings. The van der Waals surface area contributed by atoms with Gasteiger partial charge in [0.15, 0.2) is 0 Å². The molecule has 1 aromatic carbocycles. The minimum absolute atomic E-state index is 0.141. The monoisotopic (exact) mass is 346 g/mol. The first-order valence-corrected chi connectivity index (χ1v) is 9.19. The zero-order valence-corrected chi connectivity index (χ0v) is 13.9. The number of anilines is 1. The number of benzene rings is 1. The van der Waals surface area contributed by atoms with Crippen LogP contribution in [-0.2, 0) is 19.6 Å². The number of rotatable bonds is 6. The Morgan fingerprint density at radius 2 is 2.09 bits per heavy atom. The molecule has 6 nitrogen and oxygen atoms in total. The van der Waals surface area contributed by atoms with Crippen LogP contribution in [0.2, 0.25) is 5.02 Å². The second kappa shape index (κ2) is 7.41. The summed E-state index contributed by atoms with van der Waals surface area (Å²) < 4.78 is 30.2. The average Bonchev–Trinajstić information content (AvgIpc) is 2.92. The van der Waals surface area contributed by atoms with Crippen molar-refractivity contribution in [2.75, 3.05) is 31.3 Å². The van der Waals surface area contributed by atoms with E-state index in [9.17, 15) is 13.2 Å². The molecule has 1 atom stereocenters. The normalized spacial score (nSPS) is 18.6. The Kier molecular flexibility index (Phi) is 5.80. The number of amides is 1. The second-order valence-corrected chi connectivity index (χ2v) is 7.66. The van der Waals surface area contributed by atoms with Crippen molar-refractivity contribution in [3.63, 3.8) is 0 Å². The molecule has 1 N–H and O–H groups in total. The fourth-order valence-electron chi connectivity index (χ4n) is 2.23. The molecule has 0 aliphatic carbocycles.